The topological polar surface area (TPSA) is 29.5 Å². The van der Waals surface area contributed by atoms with Gasteiger partial charge in [-0.05, 0) is 37.6 Å². The standard InChI is InChI=1S/C18H21NO2/c1-14(2)21-17-11-7-10-16(12-17)18(20)19(3)13-15-8-5-4-6-9-15/h4-12,14H,13H2,1-3H3. The van der Waals surface area contributed by atoms with Crippen LogP contribution in [0.3, 0.4) is 0 Å². The van der Waals surface area contributed by atoms with Crippen molar-refractivity contribution in [2.75, 3.05) is 7.05 Å². The maximum absolute atomic E-state index is 12.5. The molecule has 0 aliphatic rings. The maximum Gasteiger partial charge on any atom is 0.254 e. The van der Waals surface area contributed by atoms with Gasteiger partial charge >= 0.3 is 0 Å². The molecule has 0 heterocycles. The largest absolute Gasteiger partial charge is 0.491 e. The molecule has 0 bridgehead atoms. The number of carbonyl (C=O) groups excluding carboxylic acids is 1. The summed E-state index contributed by atoms with van der Waals surface area (Å²) in [5, 5.41) is 0. The van der Waals surface area contributed by atoms with Gasteiger partial charge in [-0.3, -0.25) is 4.79 Å². The van der Waals surface area contributed by atoms with Crippen molar-refractivity contribution in [3.8, 4) is 5.75 Å². The van der Waals surface area contributed by atoms with E-state index in [4.69, 9.17) is 4.74 Å². The van der Waals surface area contributed by atoms with Crippen LogP contribution >= 0.6 is 0 Å². The molecule has 0 fully saturated rings. The minimum absolute atomic E-state index is 0.00643. The fourth-order valence-electron chi connectivity index (χ4n) is 2.12. The van der Waals surface area contributed by atoms with E-state index in [1.54, 1.807) is 11.0 Å². The van der Waals surface area contributed by atoms with Crippen molar-refractivity contribution in [3.05, 3.63) is 65.7 Å². The van der Waals surface area contributed by atoms with Gasteiger partial charge in [-0.1, -0.05) is 36.4 Å². The van der Waals surface area contributed by atoms with Gasteiger partial charge in [0.15, 0.2) is 0 Å². The van der Waals surface area contributed by atoms with Gasteiger partial charge in [0.25, 0.3) is 5.91 Å². The first-order valence-electron chi connectivity index (χ1n) is 7.12. The van der Waals surface area contributed by atoms with Gasteiger partial charge in [0.05, 0.1) is 6.10 Å². The second-order valence-corrected chi connectivity index (χ2v) is 5.34. The number of hydrogen-bond donors (Lipinski definition) is 0. The van der Waals surface area contributed by atoms with E-state index < -0.39 is 0 Å². The average Bonchev–Trinajstić information content (AvgIpc) is 2.47. The Balaban J connectivity index is 2.08. The highest BCUT2D eigenvalue weighted by atomic mass is 16.5. The van der Waals surface area contributed by atoms with Gasteiger partial charge in [-0.25, -0.2) is 0 Å². The Morgan fingerprint density at radius 1 is 1.10 bits per heavy atom. The highest BCUT2D eigenvalue weighted by Gasteiger charge is 2.13. The van der Waals surface area contributed by atoms with Crippen molar-refractivity contribution < 1.29 is 9.53 Å². The Hall–Kier alpha value is -2.29. The van der Waals surface area contributed by atoms with Crippen LogP contribution in [0.1, 0.15) is 29.8 Å². The van der Waals surface area contributed by atoms with E-state index in [0.29, 0.717) is 12.1 Å². The summed E-state index contributed by atoms with van der Waals surface area (Å²) < 4.78 is 5.63. The number of benzene rings is 2. The Labute approximate surface area is 126 Å². The minimum atomic E-state index is -0.00643. The van der Waals surface area contributed by atoms with E-state index in [-0.39, 0.29) is 12.0 Å². The Bertz CT molecular complexity index is 593. The van der Waals surface area contributed by atoms with Crippen molar-refractivity contribution >= 4 is 5.91 Å². The molecule has 110 valence electrons. The zero-order chi connectivity index (χ0) is 15.2. The highest BCUT2D eigenvalue weighted by molar-refractivity contribution is 5.94. The normalized spacial score (nSPS) is 10.5. The molecular formula is C18H21NO2. The predicted octanol–water partition coefficient (Wildman–Crippen LogP) is 3.75. The van der Waals surface area contributed by atoms with Crippen molar-refractivity contribution in [1.29, 1.82) is 0 Å². The third kappa shape index (κ3) is 4.35. The average molecular weight is 283 g/mol. The van der Waals surface area contributed by atoms with Crippen LogP contribution in [0.25, 0.3) is 0 Å². The fraction of sp³-hybridized carbons (Fsp3) is 0.278. The third-order valence-corrected chi connectivity index (χ3v) is 3.06. The van der Waals surface area contributed by atoms with Crippen LogP contribution in [-0.4, -0.2) is 24.0 Å². The van der Waals surface area contributed by atoms with Gasteiger partial charge in [0.2, 0.25) is 0 Å². The summed E-state index contributed by atoms with van der Waals surface area (Å²) in [7, 11) is 1.81. The molecule has 0 spiro atoms. The molecule has 0 atom stereocenters. The monoisotopic (exact) mass is 283 g/mol. The molecule has 2 aromatic rings. The number of carbonyl (C=O) groups is 1. The fourth-order valence-corrected chi connectivity index (χ4v) is 2.12. The van der Waals surface area contributed by atoms with E-state index in [2.05, 4.69) is 0 Å². The molecule has 0 aromatic heterocycles. The first-order valence-corrected chi connectivity index (χ1v) is 7.12. The molecule has 0 saturated heterocycles. The molecular weight excluding hydrogens is 262 g/mol. The molecule has 0 aliphatic heterocycles. The first-order chi connectivity index (χ1) is 10.1. The first kappa shape index (κ1) is 15.1. The van der Waals surface area contributed by atoms with Gasteiger partial charge in [0.1, 0.15) is 5.75 Å². The van der Waals surface area contributed by atoms with Crippen molar-refractivity contribution in [3.63, 3.8) is 0 Å². The molecule has 0 aliphatic carbocycles. The van der Waals surface area contributed by atoms with Crippen LogP contribution < -0.4 is 4.74 Å². The van der Waals surface area contributed by atoms with E-state index in [9.17, 15) is 4.79 Å². The van der Waals surface area contributed by atoms with E-state index in [0.717, 1.165) is 11.3 Å². The zero-order valence-electron chi connectivity index (χ0n) is 12.7. The summed E-state index contributed by atoms with van der Waals surface area (Å²) in [5.41, 5.74) is 1.76. The molecule has 3 heteroatoms. The lowest BCUT2D eigenvalue weighted by atomic mass is 10.1. The van der Waals surface area contributed by atoms with E-state index in [1.807, 2.05) is 69.4 Å². The SMILES string of the molecule is CC(C)Oc1cccc(C(=O)N(C)Cc2ccccc2)c1. The Morgan fingerprint density at radius 3 is 2.48 bits per heavy atom. The Morgan fingerprint density at radius 2 is 1.81 bits per heavy atom. The zero-order valence-corrected chi connectivity index (χ0v) is 12.7. The van der Waals surface area contributed by atoms with E-state index in [1.165, 1.54) is 0 Å². The number of ether oxygens (including phenoxy) is 1. The third-order valence-electron chi connectivity index (χ3n) is 3.06. The lowest BCUT2D eigenvalue weighted by molar-refractivity contribution is 0.0784. The number of amides is 1. The van der Waals surface area contributed by atoms with Crippen LogP contribution in [0.4, 0.5) is 0 Å². The summed E-state index contributed by atoms with van der Waals surface area (Å²) in [6.07, 6.45) is 0.0948. The van der Waals surface area contributed by atoms with Crippen molar-refractivity contribution in [1.82, 2.24) is 4.90 Å². The van der Waals surface area contributed by atoms with Crippen molar-refractivity contribution in [2.24, 2.45) is 0 Å². The smallest absolute Gasteiger partial charge is 0.254 e. The van der Waals surface area contributed by atoms with Crippen LogP contribution in [0.5, 0.6) is 5.75 Å². The molecule has 21 heavy (non-hydrogen) atoms. The van der Waals surface area contributed by atoms with Gasteiger partial charge in [-0.2, -0.15) is 0 Å². The second kappa shape index (κ2) is 6.93. The summed E-state index contributed by atoms with van der Waals surface area (Å²) in [5.74, 6) is 0.719. The Kier molecular flexibility index (Phi) is 4.99. The lowest BCUT2D eigenvalue weighted by Crippen LogP contribution is -2.26. The molecule has 0 saturated carbocycles. The molecule has 0 N–H and O–H groups in total. The van der Waals surface area contributed by atoms with Crippen molar-refractivity contribution in [2.45, 2.75) is 26.5 Å². The summed E-state index contributed by atoms with van der Waals surface area (Å²) in [6.45, 7) is 4.53. The number of rotatable bonds is 5. The summed E-state index contributed by atoms with van der Waals surface area (Å²) >= 11 is 0. The minimum Gasteiger partial charge on any atom is -0.491 e. The summed E-state index contributed by atoms with van der Waals surface area (Å²) in [4.78, 5) is 14.2. The molecule has 0 unspecified atom stereocenters. The molecule has 0 radical (unpaired) electrons. The predicted molar refractivity (Wildman–Crippen MR) is 84.4 cm³/mol. The van der Waals surface area contributed by atoms with Crippen LogP contribution in [0, 0.1) is 0 Å². The number of hydrogen-bond acceptors (Lipinski definition) is 2. The van der Waals surface area contributed by atoms with Gasteiger partial charge in [0, 0.05) is 19.2 Å². The maximum atomic E-state index is 12.5. The summed E-state index contributed by atoms with van der Waals surface area (Å²) in [6, 6.07) is 17.3. The lowest BCUT2D eigenvalue weighted by Gasteiger charge is -2.18. The van der Waals surface area contributed by atoms with Gasteiger partial charge < -0.3 is 9.64 Å². The molecule has 2 aromatic carbocycles. The quantitative estimate of drug-likeness (QED) is 0.836. The molecule has 3 nitrogen and oxygen atoms in total. The van der Waals surface area contributed by atoms with Crippen LogP contribution in [-0.2, 0) is 6.54 Å². The van der Waals surface area contributed by atoms with Crippen LogP contribution in [0.2, 0.25) is 0 Å². The number of nitrogens with zero attached hydrogens (tertiary/aromatic N) is 1. The highest BCUT2D eigenvalue weighted by Crippen LogP contribution is 2.17. The van der Waals surface area contributed by atoms with Gasteiger partial charge in [-0.15, -0.1) is 0 Å². The molecule has 2 rings (SSSR count). The second-order valence-electron chi connectivity index (χ2n) is 5.34. The van der Waals surface area contributed by atoms with E-state index >= 15 is 0 Å². The van der Waals surface area contributed by atoms with Crippen LogP contribution in [0.15, 0.2) is 54.6 Å². The molecule has 1 amide bonds.